The van der Waals surface area contributed by atoms with Gasteiger partial charge in [-0.25, -0.2) is 0 Å². The lowest BCUT2D eigenvalue weighted by molar-refractivity contribution is 0.317. The van der Waals surface area contributed by atoms with Crippen LogP contribution in [0, 0.1) is 0 Å². The van der Waals surface area contributed by atoms with Crippen molar-refractivity contribution in [3.63, 3.8) is 0 Å². The molecule has 3 heteroatoms. The van der Waals surface area contributed by atoms with E-state index in [2.05, 4.69) is 24.2 Å². The summed E-state index contributed by atoms with van der Waals surface area (Å²) >= 11 is 0. The van der Waals surface area contributed by atoms with Crippen molar-refractivity contribution in [3.8, 4) is 16.9 Å². The average molecular weight is 216 g/mol. The highest BCUT2D eigenvalue weighted by Crippen LogP contribution is 2.21. The van der Waals surface area contributed by atoms with Crippen LogP contribution in [0.25, 0.3) is 11.1 Å². The molecular weight excluding hydrogens is 200 g/mol. The van der Waals surface area contributed by atoms with Gasteiger partial charge in [-0.3, -0.25) is 4.68 Å². The van der Waals surface area contributed by atoms with Crippen LogP contribution < -0.4 is 4.74 Å². The molecule has 0 fully saturated rings. The van der Waals surface area contributed by atoms with Gasteiger partial charge in [-0.2, -0.15) is 5.10 Å². The average Bonchev–Trinajstić information content (AvgIpc) is 2.74. The van der Waals surface area contributed by atoms with E-state index in [9.17, 15) is 0 Å². The summed E-state index contributed by atoms with van der Waals surface area (Å²) in [6.07, 6.45) is 4.90. The molecule has 84 valence electrons. The van der Waals surface area contributed by atoms with Crippen molar-refractivity contribution >= 4 is 0 Å². The van der Waals surface area contributed by atoms with Crippen molar-refractivity contribution < 1.29 is 4.74 Å². The quantitative estimate of drug-likeness (QED) is 0.785. The van der Waals surface area contributed by atoms with Crippen molar-refractivity contribution in [2.24, 2.45) is 7.05 Å². The molecule has 0 aliphatic heterocycles. The Hall–Kier alpha value is -1.77. The Bertz CT molecular complexity index is 445. The Morgan fingerprint density at radius 1 is 1.19 bits per heavy atom. The summed E-state index contributed by atoms with van der Waals surface area (Å²) in [5.74, 6) is 0.925. The maximum absolute atomic E-state index is 5.53. The van der Waals surface area contributed by atoms with E-state index in [0.29, 0.717) is 0 Å². The third-order valence-electron chi connectivity index (χ3n) is 2.37. The van der Waals surface area contributed by atoms with Gasteiger partial charge < -0.3 is 4.74 Å². The first kappa shape index (κ1) is 10.7. The minimum Gasteiger partial charge on any atom is -0.494 e. The normalized spacial score (nSPS) is 10.4. The maximum Gasteiger partial charge on any atom is 0.119 e. The van der Waals surface area contributed by atoms with E-state index < -0.39 is 0 Å². The van der Waals surface area contributed by atoms with Gasteiger partial charge in [0, 0.05) is 18.8 Å². The van der Waals surface area contributed by atoms with E-state index in [0.717, 1.165) is 29.9 Å². The highest BCUT2D eigenvalue weighted by Gasteiger charge is 2.00. The van der Waals surface area contributed by atoms with Gasteiger partial charge in [0.05, 0.1) is 12.8 Å². The van der Waals surface area contributed by atoms with Crippen LogP contribution >= 0.6 is 0 Å². The van der Waals surface area contributed by atoms with Gasteiger partial charge in [0.1, 0.15) is 5.75 Å². The fourth-order valence-corrected chi connectivity index (χ4v) is 1.53. The molecule has 1 heterocycles. The third-order valence-corrected chi connectivity index (χ3v) is 2.37. The van der Waals surface area contributed by atoms with E-state index in [1.54, 1.807) is 4.68 Å². The fourth-order valence-electron chi connectivity index (χ4n) is 1.53. The summed E-state index contributed by atoms with van der Waals surface area (Å²) in [7, 11) is 1.92. The molecule has 0 spiro atoms. The molecule has 0 bridgehead atoms. The minimum atomic E-state index is 0.770. The summed E-state index contributed by atoms with van der Waals surface area (Å²) < 4.78 is 7.33. The lowest BCUT2D eigenvalue weighted by Crippen LogP contribution is -1.94. The Morgan fingerprint density at radius 3 is 2.50 bits per heavy atom. The molecule has 0 unspecified atom stereocenters. The summed E-state index contributed by atoms with van der Waals surface area (Å²) in [6, 6.07) is 8.11. The van der Waals surface area contributed by atoms with Crippen LogP contribution in [0.15, 0.2) is 36.7 Å². The molecule has 0 radical (unpaired) electrons. The van der Waals surface area contributed by atoms with E-state index in [1.165, 1.54) is 0 Å². The Labute approximate surface area is 95.7 Å². The molecule has 2 aromatic rings. The molecule has 1 aromatic carbocycles. The zero-order valence-corrected chi connectivity index (χ0v) is 9.68. The number of benzene rings is 1. The van der Waals surface area contributed by atoms with Crippen molar-refractivity contribution in [2.45, 2.75) is 13.3 Å². The Balaban J connectivity index is 2.13. The van der Waals surface area contributed by atoms with Crippen molar-refractivity contribution in [1.29, 1.82) is 0 Å². The van der Waals surface area contributed by atoms with E-state index in [4.69, 9.17) is 4.74 Å². The summed E-state index contributed by atoms with van der Waals surface area (Å²) in [5, 5.41) is 4.15. The first-order valence-corrected chi connectivity index (χ1v) is 5.51. The molecule has 0 N–H and O–H groups in total. The number of aryl methyl sites for hydroxylation is 1. The van der Waals surface area contributed by atoms with Crippen molar-refractivity contribution in [2.75, 3.05) is 6.61 Å². The Morgan fingerprint density at radius 2 is 1.94 bits per heavy atom. The van der Waals surface area contributed by atoms with Crippen molar-refractivity contribution in [1.82, 2.24) is 9.78 Å². The zero-order chi connectivity index (χ0) is 11.4. The van der Waals surface area contributed by atoms with Gasteiger partial charge in [-0.15, -0.1) is 0 Å². The number of hydrogen-bond acceptors (Lipinski definition) is 2. The van der Waals surface area contributed by atoms with E-state index in [1.807, 2.05) is 31.6 Å². The lowest BCUT2D eigenvalue weighted by Gasteiger charge is -2.04. The number of rotatable bonds is 4. The summed E-state index contributed by atoms with van der Waals surface area (Å²) in [4.78, 5) is 0. The molecule has 0 aliphatic carbocycles. The van der Waals surface area contributed by atoms with Gasteiger partial charge in [0.2, 0.25) is 0 Å². The van der Waals surface area contributed by atoms with Gasteiger partial charge in [0.15, 0.2) is 0 Å². The molecular formula is C13H16N2O. The number of ether oxygens (including phenoxy) is 1. The SMILES string of the molecule is CCCOc1ccc(-c2cnn(C)c2)cc1. The lowest BCUT2D eigenvalue weighted by atomic mass is 10.1. The number of aromatic nitrogens is 2. The summed E-state index contributed by atoms with van der Waals surface area (Å²) in [6.45, 7) is 2.87. The molecule has 0 saturated heterocycles. The first-order chi connectivity index (χ1) is 7.79. The minimum absolute atomic E-state index is 0.770. The largest absolute Gasteiger partial charge is 0.494 e. The van der Waals surface area contributed by atoms with Crippen LogP contribution in [0.4, 0.5) is 0 Å². The molecule has 0 saturated carbocycles. The molecule has 2 rings (SSSR count). The molecule has 16 heavy (non-hydrogen) atoms. The van der Waals surface area contributed by atoms with Crippen LogP contribution in [-0.2, 0) is 7.05 Å². The molecule has 3 nitrogen and oxygen atoms in total. The van der Waals surface area contributed by atoms with E-state index in [-0.39, 0.29) is 0 Å². The highest BCUT2D eigenvalue weighted by atomic mass is 16.5. The van der Waals surface area contributed by atoms with Gasteiger partial charge >= 0.3 is 0 Å². The fraction of sp³-hybridized carbons (Fsp3) is 0.308. The van der Waals surface area contributed by atoms with Gasteiger partial charge in [0.25, 0.3) is 0 Å². The van der Waals surface area contributed by atoms with Crippen LogP contribution in [-0.4, -0.2) is 16.4 Å². The highest BCUT2D eigenvalue weighted by molar-refractivity contribution is 5.62. The molecule has 0 atom stereocenters. The van der Waals surface area contributed by atoms with Crippen LogP contribution in [0.3, 0.4) is 0 Å². The maximum atomic E-state index is 5.53. The zero-order valence-electron chi connectivity index (χ0n) is 9.68. The molecule has 1 aromatic heterocycles. The predicted molar refractivity (Wildman–Crippen MR) is 64.4 cm³/mol. The molecule has 0 amide bonds. The first-order valence-electron chi connectivity index (χ1n) is 5.51. The second kappa shape index (κ2) is 4.84. The Kier molecular flexibility index (Phi) is 3.25. The van der Waals surface area contributed by atoms with Gasteiger partial charge in [-0.05, 0) is 24.1 Å². The third kappa shape index (κ3) is 2.42. The van der Waals surface area contributed by atoms with Crippen LogP contribution in [0.2, 0.25) is 0 Å². The van der Waals surface area contributed by atoms with Crippen LogP contribution in [0.1, 0.15) is 13.3 Å². The number of hydrogen-bond donors (Lipinski definition) is 0. The topological polar surface area (TPSA) is 27.1 Å². The smallest absolute Gasteiger partial charge is 0.119 e. The second-order valence-electron chi connectivity index (χ2n) is 3.78. The second-order valence-corrected chi connectivity index (χ2v) is 3.78. The number of nitrogens with zero attached hydrogens (tertiary/aromatic N) is 2. The van der Waals surface area contributed by atoms with Gasteiger partial charge in [-0.1, -0.05) is 19.1 Å². The standard InChI is InChI=1S/C13H16N2O/c1-3-8-16-13-6-4-11(5-7-13)12-9-14-15(2)10-12/h4-7,9-10H,3,8H2,1-2H3. The summed E-state index contributed by atoms with van der Waals surface area (Å²) in [5.41, 5.74) is 2.29. The van der Waals surface area contributed by atoms with E-state index >= 15 is 0 Å². The molecule has 0 aliphatic rings. The van der Waals surface area contributed by atoms with Crippen molar-refractivity contribution in [3.05, 3.63) is 36.7 Å². The van der Waals surface area contributed by atoms with Crippen LogP contribution in [0.5, 0.6) is 5.75 Å². The predicted octanol–water partition coefficient (Wildman–Crippen LogP) is 2.88. The monoisotopic (exact) mass is 216 g/mol.